The van der Waals surface area contributed by atoms with Crippen molar-refractivity contribution in [1.82, 2.24) is 4.98 Å². The highest BCUT2D eigenvalue weighted by Gasteiger charge is 2.29. The monoisotopic (exact) mass is 236 g/mol. The number of phenolic OH excluding ortho intramolecular Hbond substituents is 1. The molecule has 0 spiro atoms. The number of benzene rings is 1. The molecule has 1 aliphatic carbocycles. The van der Waals surface area contributed by atoms with Gasteiger partial charge in [0.2, 0.25) is 0 Å². The van der Waals surface area contributed by atoms with Gasteiger partial charge < -0.3 is 15.8 Å². The third kappa shape index (κ3) is 1.32. The van der Waals surface area contributed by atoms with Gasteiger partial charge in [0.15, 0.2) is 0 Å². The van der Waals surface area contributed by atoms with Gasteiger partial charge in [-0.05, 0) is 36.5 Å². The number of H-pyrrole nitrogens is 1. The number of nitrogens with one attached hydrogen (secondary N) is 1. The topological polar surface area (TPSA) is 62.0 Å². The number of fused-ring (bicyclic) bond motifs is 1. The van der Waals surface area contributed by atoms with E-state index in [1.165, 1.54) is 18.5 Å². The van der Waals surface area contributed by atoms with E-state index in [2.05, 4.69) is 4.98 Å². The molecule has 0 atom stereocenters. The zero-order valence-corrected chi connectivity index (χ0v) is 9.51. The number of hydrogen-bond donors (Lipinski definition) is 3. The zero-order valence-electron chi connectivity index (χ0n) is 8.76. The van der Waals surface area contributed by atoms with Crippen molar-refractivity contribution in [2.24, 2.45) is 5.73 Å². The van der Waals surface area contributed by atoms with Crippen LogP contribution < -0.4 is 5.73 Å². The third-order valence-corrected chi connectivity index (χ3v) is 3.59. The van der Waals surface area contributed by atoms with Gasteiger partial charge in [0, 0.05) is 23.1 Å². The molecule has 0 aliphatic heterocycles. The molecular weight excluding hydrogens is 224 g/mol. The number of rotatable bonds is 2. The minimum absolute atomic E-state index is 0.116. The minimum atomic E-state index is 0.116. The van der Waals surface area contributed by atoms with Crippen molar-refractivity contribution in [3.05, 3.63) is 28.4 Å². The third-order valence-electron chi connectivity index (χ3n) is 3.21. The Kier molecular flexibility index (Phi) is 2.13. The van der Waals surface area contributed by atoms with Crippen molar-refractivity contribution in [1.29, 1.82) is 0 Å². The van der Waals surface area contributed by atoms with E-state index in [1.54, 1.807) is 6.07 Å². The summed E-state index contributed by atoms with van der Waals surface area (Å²) in [5, 5.41) is 10.9. The summed E-state index contributed by atoms with van der Waals surface area (Å²) in [6.45, 7) is 0.453. The lowest BCUT2D eigenvalue weighted by atomic mass is 10.1. The summed E-state index contributed by atoms with van der Waals surface area (Å²) in [6, 6.07) is 3.46. The van der Waals surface area contributed by atoms with Crippen LogP contribution in [0.15, 0.2) is 12.1 Å². The summed E-state index contributed by atoms with van der Waals surface area (Å²) in [7, 11) is 0. The molecule has 1 fully saturated rings. The number of halogens is 1. The van der Waals surface area contributed by atoms with E-state index in [0.717, 1.165) is 16.5 Å². The average Bonchev–Trinajstić information content (AvgIpc) is 3.05. The number of aromatic amines is 1. The van der Waals surface area contributed by atoms with E-state index in [9.17, 15) is 5.11 Å². The molecule has 0 bridgehead atoms. The Morgan fingerprint density at radius 2 is 2.19 bits per heavy atom. The molecule has 1 heterocycles. The number of phenols is 1. The first kappa shape index (κ1) is 10.00. The molecule has 2 aromatic rings. The Morgan fingerprint density at radius 3 is 2.81 bits per heavy atom. The normalized spacial score (nSPS) is 15.9. The summed E-state index contributed by atoms with van der Waals surface area (Å²) in [6.07, 6.45) is 2.42. The van der Waals surface area contributed by atoms with Crippen LogP contribution in [-0.2, 0) is 6.54 Å². The predicted octanol–water partition coefficient (Wildman–Crippen LogP) is 2.86. The number of aromatic nitrogens is 1. The molecule has 4 heteroatoms. The van der Waals surface area contributed by atoms with E-state index in [4.69, 9.17) is 17.3 Å². The van der Waals surface area contributed by atoms with Gasteiger partial charge in [-0.2, -0.15) is 0 Å². The first-order chi connectivity index (χ1) is 7.72. The minimum Gasteiger partial charge on any atom is -0.506 e. The molecule has 4 N–H and O–H groups in total. The van der Waals surface area contributed by atoms with Gasteiger partial charge in [-0.25, -0.2) is 0 Å². The average molecular weight is 237 g/mol. The first-order valence-corrected chi connectivity index (χ1v) is 5.82. The van der Waals surface area contributed by atoms with Crippen LogP contribution >= 0.6 is 11.6 Å². The van der Waals surface area contributed by atoms with E-state index >= 15 is 0 Å². The maximum atomic E-state index is 9.61. The molecule has 1 saturated carbocycles. The highest BCUT2D eigenvalue weighted by Crippen LogP contribution is 2.45. The van der Waals surface area contributed by atoms with E-state index in [1.807, 2.05) is 6.07 Å². The standard InChI is InChI=1S/C12H13ClN2O/c13-11-9(16)4-3-8-10(11)7(5-14)12(15-8)6-1-2-6/h3-4,6,15-16H,1-2,5,14H2. The number of aromatic hydroxyl groups is 1. The lowest BCUT2D eigenvalue weighted by Crippen LogP contribution is -1.99. The molecule has 3 nitrogen and oxygen atoms in total. The van der Waals surface area contributed by atoms with E-state index in [0.29, 0.717) is 17.5 Å². The first-order valence-electron chi connectivity index (χ1n) is 5.44. The molecule has 0 unspecified atom stereocenters. The van der Waals surface area contributed by atoms with Crippen LogP contribution in [0.3, 0.4) is 0 Å². The molecule has 1 aromatic heterocycles. The second-order valence-electron chi connectivity index (χ2n) is 4.32. The molecular formula is C12H13ClN2O. The fourth-order valence-corrected chi connectivity index (χ4v) is 2.53. The highest BCUT2D eigenvalue weighted by atomic mass is 35.5. The van der Waals surface area contributed by atoms with Gasteiger partial charge in [0.05, 0.1) is 5.02 Å². The molecule has 3 rings (SSSR count). The van der Waals surface area contributed by atoms with Crippen LogP contribution in [0.4, 0.5) is 0 Å². The summed E-state index contributed by atoms with van der Waals surface area (Å²) >= 11 is 6.12. The van der Waals surface area contributed by atoms with Crippen molar-refractivity contribution in [2.75, 3.05) is 0 Å². The predicted molar refractivity (Wildman–Crippen MR) is 64.8 cm³/mol. The van der Waals surface area contributed by atoms with Crippen molar-refractivity contribution in [2.45, 2.75) is 25.3 Å². The lowest BCUT2D eigenvalue weighted by Gasteiger charge is -2.01. The highest BCUT2D eigenvalue weighted by molar-refractivity contribution is 6.37. The smallest absolute Gasteiger partial charge is 0.134 e. The molecule has 0 saturated heterocycles. The summed E-state index contributed by atoms with van der Waals surface area (Å²) in [5.74, 6) is 0.717. The van der Waals surface area contributed by atoms with Gasteiger partial charge >= 0.3 is 0 Å². The van der Waals surface area contributed by atoms with Gasteiger partial charge in [-0.15, -0.1) is 0 Å². The quantitative estimate of drug-likeness (QED) is 0.751. The van der Waals surface area contributed by atoms with Crippen LogP contribution in [0.1, 0.15) is 30.0 Å². The molecule has 1 aliphatic rings. The van der Waals surface area contributed by atoms with Gasteiger partial charge in [-0.1, -0.05) is 11.6 Å². The Hall–Kier alpha value is -1.19. The van der Waals surface area contributed by atoms with E-state index in [-0.39, 0.29) is 5.75 Å². The van der Waals surface area contributed by atoms with Crippen molar-refractivity contribution in [3.63, 3.8) is 0 Å². The van der Waals surface area contributed by atoms with Gasteiger partial charge in [-0.3, -0.25) is 0 Å². The van der Waals surface area contributed by atoms with Crippen LogP contribution in [0.2, 0.25) is 5.02 Å². The SMILES string of the molecule is NCc1c(C2CC2)[nH]c2ccc(O)c(Cl)c12. The van der Waals surface area contributed by atoms with Crippen molar-refractivity contribution in [3.8, 4) is 5.75 Å². The van der Waals surface area contributed by atoms with Gasteiger partial charge in [0.25, 0.3) is 0 Å². The van der Waals surface area contributed by atoms with Gasteiger partial charge in [0.1, 0.15) is 5.75 Å². The summed E-state index contributed by atoms with van der Waals surface area (Å²) in [4.78, 5) is 3.37. The molecule has 84 valence electrons. The Bertz CT molecular complexity index is 558. The summed E-state index contributed by atoms with van der Waals surface area (Å²) < 4.78 is 0. The maximum Gasteiger partial charge on any atom is 0.134 e. The Morgan fingerprint density at radius 1 is 1.44 bits per heavy atom. The molecule has 16 heavy (non-hydrogen) atoms. The second kappa shape index (κ2) is 3.40. The second-order valence-corrected chi connectivity index (χ2v) is 4.69. The Balaban J connectivity index is 2.34. The van der Waals surface area contributed by atoms with Crippen LogP contribution in [0.5, 0.6) is 5.75 Å². The maximum absolute atomic E-state index is 9.61. The van der Waals surface area contributed by atoms with Crippen LogP contribution in [-0.4, -0.2) is 10.1 Å². The fourth-order valence-electron chi connectivity index (χ4n) is 2.25. The van der Waals surface area contributed by atoms with Crippen molar-refractivity contribution >= 4 is 22.5 Å². The molecule has 0 radical (unpaired) electrons. The fraction of sp³-hybridized carbons (Fsp3) is 0.333. The van der Waals surface area contributed by atoms with Crippen LogP contribution in [0.25, 0.3) is 10.9 Å². The van der Waals surface area contributed by atoms with Crippen molar-refractivity contribution < 1.29 is 5.11 Å². The van der Waals surface area contributed by atoms with Crippen LogP contribution in [0, 0.1) is 0 Å². The molecule has 0 amide bonds. The largest absolute Gasteiger partial charge is 0.506 e. The number of hydrogen-bond acceptors (Lipinski definition) is 2. The summed E-state index contributed by atoms with van der Waals surface area (Å²) in [5.41, 5.74) is 9.00. The Labute approximate surface area is 98.2 Å². The number of nitrogens with two attached hydrogens (primary N) is 1. The lowest BCUT2D eigenvalue weighted by molar-refractivity contribution is 0.476. The molecule has 1 aromatic carbocycles. The zero-order chi connectivity index (χ0) is 11.3. The van der Waals surface area contributed by atoms with E-state index < -0.39 is 0 Å².